The summed E-state index contributed by atoms with van der Waals surface area (Å²) in [6.45, 7) is 8.14. The van der Waals surface area contributed by atoms with Gasteiger partial charge in [-0.15, -0.1) is 0 Å². The molecule has 2 aromatic rings. The summed E-state index contributed by atoms with van der Waals surface area (Å²) < 4.78 is 12.2. The van der Waals surface area contributed by atoms with Gasteiger partial charge in [0.2, 0.25) is 0 Å². The van der Waals surface area contributed by atoms with Gasteiger partial charge in [-0.05, 0) is 45.3 Å². The first-order valence-corrected chi connectivity index (χ1v) is 8.24. The highest BCUT2D eigenvalue weighted by molar-refractivity contribution is 6.62. The number of nitrogens with zero attached hydrogens (tertiary/aromatic N) is 3. The molecule has 1 aliphatic heterocycles. The number of nitrogens with two attached hydrogens (primary N) is 1. The molecule has 2 heterocycles. The average Bonchev–Trinajstić information content (AvgIpc) is 2.79. The van der Waals surface area contributed by atoms with Crippen LogP contribution < -0.4 is 11.2 Å². The van der Waals surface area contributed by atoms with Crippen molar-refractivity contribution in [1.82, 2.24) is 9.97 Å². The summed E-state index contributed by atoms with van der Waals surface area (Å²) in [5.74, 6) is 0. The van der Waals surface area contributed by atoms with E-state index in [0.717, 1.165) is 22.1 Å². The topological polar surface area (TPSA) is 82.6 Å². The molecule has 25 heavy (non-hydrogen) atoms. The van der Waals surface area contributed by atoms with E-state index in [9.17, 15) is 0 Å². The van der Waals surface area contributed by atoms with E-state index in [1.165, 1.54) is 6.20 Å². The lowest BCUT2D eigenvalue weighted by molar-refractivity contribution is 0.00578. The molecule has 0 aliphatic carbocycles. The summed E-state index contributed by atoms with van der Waals surface area (Å²) in [6, 6.07) is 5.84. The van der Waals surface area contributed by atoms with Crippen LogP contribution in [0.1, 0.15) is 33.4 Å². The number of hydrogen-bond donors (Lipinski definition) is 1. The Morgan fingerprint density at radius 1 is 1.16 bits per heavy atom. The first kappa shape index (κ1) is 17.6. The molecule has 130 valence electrons. The number of benzene rings is 1. The molecule has 0 saturated carbocycles. The minimum atomic E-state index is -0.429. The normalized spacial score (nSPS) is 19.9. The fourth-order valence-corrected chi connectivity index (χ4v) is 2.63. The molecule has 1 aromatic carbocycles. The van der Waals surface area contributed by atoms with Crippen LogP contribution in [0.4, 0.5) is 0 Å². The molecule has 3 rings (SSSR count). The molecule has 0 atom stereocenters. The maximum Gasteiger partial charge on any atom is 0.494 e. The van der Waals surface area contributed by atoms with Gasteiger partial charge in [-0.3, -0.25) is 9.98 Å². The molecule has 2 N–H and O–H groups in total. The highest BCUT2D eigenvalue weighted by Gasteiger charge is 2.51. The van der Waals surface area contributed by atoms with Gasteiger partial charge >= 0.3 is 7.12 Å². The van der Waals surface area contributed by atoms with Crippen molar-refractivity contribution in [2.45, 2.75) is 38.9 Å². The second-order valence-electron chi connectivity index (χ2n) is 7.10. The van der Waals surface area contributed by atoms with Crippen molar-refractivity contribution in [2.75, 3.05) is 7.05 Å². The number of rotatable bonds is 3. The van der Waals surface area contributed by atoms with Crippen molar-refractivity contribution in [3.63, 3.8) is 0 Å². The van der Waals surface area contributed by atoms with Crippen molar-refractivity contribution in [1.29, 1.82) is 0 Å². The second kappa shape index (κ2) is 6.24. The minimum absolute atomic E-state index is 0.382. The number of aliphatic imine (C=N–C) groups is 1. The number of fused-ring (bicyclic) bond motifs is 1. The van der Waals surface area contributed by atoms with Gasteiger partial charge in [0.15, 0.2) is 0 Å². The largest absolute Gasteiger partial charge is 0.494 e. The zero-order chi connectivity index (χ0) is 18.2. The smallest absolute Gasteiger partial charge is 0.404 e. The Kier molecular flexibility index (Phi) is 4.39. The van der Waals surface area contributed by atoms with Crippen LogP contribution in [-0.2, 0) is 9.31 Å². The lowest BCUT2D eigenvalue weighted by atomic mass is 9.79. The van der Waals surface area contributed by atoms with Crippen molar-refractivity contribution < 1.29 is 9.31 Å². The van der Waals surface area contributed by atoms with Crippen molar-refractivity contribution in [2.24, 2.45) is 10.7 Å². The van der Waals surface area contributed by atoms with Gasteiger partial charge in [0.25, 0.3) is 0 Å². The van der Waals surface area contributed by atoms with Crippen LogP contribution in [0.2, 0.25) is 0 Å². The zero-order valence-electron chi connectivity index (χ0n) is 15.3. The van der Waals surface area contributed by atoms with Gasteiger partial charge in [0.1, 0.15) is 0 Å². The molecule has 7 heteroatoms. The Bertz CT molecular complexity index is 845. The van der Waals surface area contributed by atoms with E-state index >= 15 is 0 Å². The molecule has 0 amide bonds. The fourth-order valence-electron chi connectivity index (χ4n) is 2.63. The average molecular weight is 338 g/mol. The SMILES string of the molecule is CN=CC(=CN)c1cnc2ccc(B3OC(C)(C)C(C)(C)O3)cc2n1. The molecule has 0 radical (unpaired) electrons. The van der Waals surface area contributed by atoms with Gasteiger partial charge in [-0.25, -0.2) is 4.98 Å². The summed E-state index contributed by atoms with van der Waals surface area (Å²) in [4.78, 5) is 13.1. The van der Waals surface area contributed by atoms with Crippen LogP contribution in [0.25, 0.3) is 16.6 Å². The highest BCUT2D eigenvalue weighted by atomic mass is 16.7. The Morgan fingerprint density at radius 2 is 1.84 bits per heavy atom. The third kappa shape index (κ3) is 3.17. The first-order chi connectivity index (χ1) is 11.8. The Balaban J connectivity index is 2.00. The van der Waals surface area contributed by atoms with E-state index in [2.05, 4.69) is 15.0 Å². The fraction of sp³-hybridized carbons (Fsp3) is 0.389. The summed E-state index contributed by atoms with van der Waals surface area (Å²) in [6.07, 6.45) is 4.83. The lowest BCUT2D eigenvalue weighted by Gasteiger charge is -2.32. The second-order valence-corrected chi connectivity index (χ2v) is 7.10. The van der Waals surface area contributed by atoms with E-state index < -0.39 is 7.12 Å². The summed E-state index contributed by atoms with van der Waals surface area (Å²) in [7, 11) is 1.26. The maximum absolute atomic E-state index is 6.11. The van der Waals surface area contributed by atoms with Gasteiger partial charge in [0, 0.05) is 25.0 Å². The Hall–Kier alpha value is -2.25. The lowest BCUT2D eigenvalue weighted by Crippen LogP contribution is -2.41. The standard InChI is InChI=1S/C18H23BN4O2/c1-17(2)18(3,4)25-19(24-17)13-6-7-14-15(8-13)23-16(11-22-14)12(9-20)10-21-5/h6-11H,20H2,1-5H3. The van der Waals surface area contributed by atoms with Crippen LogP contribution in [0, 0.1) is 0 Å². The first-order valence-electron chi connectivity index (χ1n) is 8.24. The van der Waals surface area contributed by atoms with Crippen LogP contribution in [0.3, 0.4) is 0 Å². The molecule has 0 unspecified atom stereocenters. The van der Waals surface area contributed by atoms with Crippen LogP contribution >= 0.6 is 0 Å². The molecule has 6 nitrogen and oxygen atoms in total. The predicted molar refractivity (Wildman–Crippen MR) is 102 cm³/mol. The third-order valence-electron chi connectivity index (χ3n) is 4.84. The Morgan fingerprint density at radius 3 is 2.44 bits per heavy atom. The van der Waals surface area contributed by atoms with Crippen LogP contribution in [0.15, 0.2) is 35.6 Å². The molecule has 1 fully saturated rings. The van der Waals surface area contributed by atoms with Crippen molar-refractivity contribution in [3.8, 4) is 0 Å². The third-order valence-corrected chi connectivity index (χ3v) is 4.84. The van der Waals surface area contributed by atoms with E-state index in [1.807, 2.05) is 45.9 Å². The molecular weight excluding hydrogens is 315 g/mol. The van der Waals surface area contributed by atoms with Crippen molar-refractivity contribution in [3.05, 3.63) is 36.3 Å². The van der Waals surface area contributed by atoms with Crippen molar-refractivity contribution >= 4 is 35.4 Å². The quantitative estimate of drug-likeness (QED) is 0.683. The zero-order valence-corrected chi connectivity index (χ0v) is 15.3. The number of allylic oxidation sites excluding steroid dienone is 1. The maximum atomic E-state index is 6.11. The van der Waals surface area contributed by atoms with Gasteiger partial charge in [0.05, 0.1) is 34.1 Å². The Labute approximate surface area is 148 Å². The summed E-state index contributed by atoms with van der Waals surface area (Å²) >= 11 is 0. The minimum Gasteiger partial charge on any atom is -0.404 e. The van der Waals surface area contributed by atoms with Crippen LogP contribution in [-0.4, -0.2) is 41.6 Å². The summed E-state index contributed by atoms with van der Waals surface area (Å²) in [5.41, 5.74) is 8.77. The number of hydrogen-bond acceptors (Lipinski definition) is 6. The van der Waals surface area contributed by atoms with E-state index in [1.54, 1.807) is 19.5 Å². The molecule has 1 aliphatic rings. The van der Waals surface area contributed by atoms with Gasteiger partial charge in [-0.1, -0.05) is 6.07 Å². The van der Waals surface area contributed by atoms with Crippen LogP contribution in [0.5, 0.6) is 0 Å². The van der Waals surface area contributed by atoms with Gasteiger partial charge in [-0.2, -0.15) is 0 Å². The molecular formula is C18H23BN4O2. The molecule has 1 saturated heterocycles. The van der Waals surface area contributed by atoms with Gasteiger partial charge < -0.3 is 15.0 Å². The molecule has 1 aromatic heterocycles. The van der Waals surface area contributed by atoms with E-state index in [-0.39, 0.29) is 11.2 Å². The number of aromatic nitrogens is 2. The van der Waals surface area contributed by atoms with E-state index in [0.29, 0.717) is 5.69 Å². The molecule has 0 bridgehead atoms. The van der Waals surface area contributed by atoms with E-state index in [4.69, 9.17) is 15.0 Å². The predicted octanol–water partition coefficient (Wildman–Crippen LogP) is 1.93. The monoisotopic (exact) mass is 338 g/mol. The highest BCUT2D eigenvalue weighted by Crippen LogP contribution is 2.36. The molecule has 0 spiro atoms. The summed E-state index contributed by atoms with van der Waals surface area (Å²) in [5, 5.41) is 0.